The molecule has 140 valence electrons. The molecule has 0 spiro atoms. The largest absolute Gasteiger partial charge is 0.478 e. The number of benzene rings is 2. The minimum Gasteiger partial charge on any atom is -0.478 e. The number of carbonyl (C=O) groups is 2. The van der Waals surface area contributed by atoms with Crippen molar-refractivity contribution in [1.29, 1.82) is 0 Å². The summed E-state index contributed by atoms with van der Waals surface area (Å²) in [6.45, 7) is 4.32. The third kappa shape index (κ3) is 7.40. The summed E-state index contributed by atoms with van der Waals surface area (Å²) in [5, 5.41) is 18.2. The maximum Gasteiger partial charge on any atom is 0.335 e. The molecule has 0 aliphatic heterocycles. The van der Waals surface area contributed by atoms with Gasteiger partial charge in [-0.1, -0.05) is 60.5 Å². The summed E-state index contributed by atoms with van der Waals surface area (Å²) in [6.07, 6.45) is 3.23. The molecule has 5 heteroatoms. The molecule has 0 aliphatic carbocycles. The number of carboxylic acids is 2. The number of carboxylic acid groups (broad SMARTS) is 2. The zero-order valence-corrected chi connectivity index (χ0v) is 16.7. The molecule has 2 N–H and O–H groups in total. The first-order valence-corrected chi connectivity index (χ1v) is 9.72. The Labute approximate surface area is 163 Å². The van der Waals surface area contributed by atoms with E-state index in [0.717, 1.165) is 30.2 Å². The third-order valence-electron chi connectivity index (χ3n) is 4.03. The number of hydrogen-bond acceptors (Lipinski definition) is 2. The van der Waals surface area contributed by atoms with Gasteiger partial charge in [0, 0.05) is 5.33 Å². The Kier molecular flexibility index (Phi) is 9.66. The quantitative estimate of drug-likeness (QED) is 0.570. The topological polar surface area (TPSA) is 74.6 Å². The SMILES string of the molecule is CCCC(C)c1ccc(C(=O)O)cc1.O=C(O)c1ccc(CCBr)cc1. The van der Waals surface area contributed by atoms with Crippen LogP contribution >= 0.6 is 15.9 Å². The summed E-state index contributed by atoms with van der Waals surface area (Å²) < 4.78 is 0. The van der Waals surface area contributed by atoms with Crippen LogP contribution in [0.25, 0.3) is 0 Å². The number of aryl methyl sites for hydroxylation is 1. The first-order valence-electron chi connectivity index (χ1n) is 8.60. The van der Waals surface area contributed by atoms with Crippen molar-refractivity contribution in [3.05, 3.63) is 70.8 Å². The zero-order chi connectivity index (χ0) is 19.5. The van der Waals surface area contributed by atoms with Gasteiger partial charge in [-0.25, -0.2) is 9.59 Å². The van der Waals surface area contributed by atoms with E-state index in [-0.39, 0.29) is 0 Å². The lowest BCUT2D eigenvalue weighted by molar-refractivity contribution is 0.0686. The number of rotatable bonds is 7. The van der Waals surface area contributed by atoms with Gasteiger partial charge in [0.15, 0.2) is 0 Å². The second kappa shape index (κ2) is 11.5. The number of halogens is 1. The fourth-order valence-electron chi connectivity index (χ4n) is 2.48. The highest BCUT2D eigenvalue weighted by Crippen LogP contribution is 2.20. The molecule has 0 aromatic heterocycles. The summed E-state index contributed by atoms with van der Waals surface area (Å²) >= 11 is 3.32. The highest BCUT2D eigenvalue weighted by atomic mass is 79.9. The number of aromatic carboxylic acids is 2. The predicted octanol–water partition coefficient (Wildman–Crippen LogP) is 5.61. The summed E-state index contributed by atoms with van der Waals surface area (Å²) in [5.41, 5.74) is 3.07. The highest BCUT2D eigenvalue weighted by molar-refractivity contribution is 9.09. The molecule has 1 atom stereocenters. The molecule has 2 aromatic carbocycles. The normalized spacial score (nSPS) is 11.2. The Morgan fingerprint density at radius 3 is 1.77 bits per heavy atom. The average molecular weight is 421 g/mol. The van der Waals surface area contributed by atoms with E-state index in [2.05, 4.69) is 29.8 Å². The van der Waals surface area contributed by atoms with Crippen molar-refractivity contribution in [2.75, 3.05) is 5.33 Å². The van der Waals surface area contributed by atoms with Gasteiger partial charge in [-0.2, -0.15) is 0 Å². The van der Waals surface area contributed by atoms with Crippen LogP contribution < -0.4 is 0 Å². The second-order valence-electron chi connectivity index (χ2n) is 6.06. The van der Waals surface area contributed by atoms with Crippen LogP contribution in [0.1, 0.15) is 64.4 Å². The van der Waals surface area contributed by atoms with E-state index < -0.39 is 11.9 Å². The molecule has 0 saturated heterocycles. The van der Waals surface area contributed by atoms with Crippen molar-refractivity contribution < 1.29 is 19.8 Å². The van der Waals surface area contributed by atoms with Crippen molar-refractivity contribution in [3.8, 4) is 0 Å². The minimum atomic E-state index is -0.875. The van der Waals surface area contributed by atoms with Gasteiger partial charge in [0.1, 0.15) is 0 Å². The molecule has 2 aromatic rings. The van der Waals surface area contributed by atoms with Crippen LogP contribution in [0, 0.1) is 0 Å². The standard InChI is InChI=1S/C12H16O2.C9H9BrO2/c1-3-4-9(2)10-5-7-11(8-6-10)12(13)14;10-6-5-7-1-3-8(4-2-7)9(11)12/h5-9H,3-4H2,1-2H3,(H,13,14);1-4H,5-6H2,(H,11,12). The Hall–Kier alpha value is -2.14. The van der Waals surface area contributed by atoms with Gasteiger partial charge >= 0.3 is 11.9 Å². The Bertz CT molecular complexity index is 693. The van der Waals surface area contributed by atoms with Gasteiger partial charge in [-0.05, 0) is 54.2 Å². The first kappa shape index (κ1) is 21.9. The van der Waals surface area contributed by atoms with Crippen LogP contribution in [0.4, 0.5) is 0 Å². The first-order chi connectivity index (χ1) is 12.4. The van der Waals surface area contributed by atoms with E-state index in [1.165, 1.54) is 5.56 Å². The molecule has 0 amide bonds. The Balaban J connectivity index is 0.000000263. The third-order valence-corrected chi connectivity index (χ3v) is 4.43. The van der Waals surface area contributed by atoms with Crippen molar-refractivity contribution in [2.24, 2.45) is 0 Å². The van der Waals surface area contributed by atoms with Crippen molar-refractivity contribution in [2.45, 2.75) is 39.0 Å². The van der Waals surface area contributed by atoms with Crippen molar-refractivity contribution in [1.82, 2.24) is 0 Å². The van der Waals surface area contributed by atoms with Crippen molar-refractivity contribution in [3.63, 3.8) is 0 Å². The number of hydrogen-bond donors (Lipinski definition) is 2. The Morgan fingerprint density at radius 2 is 1.38 bits per heavy atom. The summed E-state index contributed by atoms with van der Waals surface area (Å²) in [4.78, 5) is 21.1. The summed E-state index contributed by atoms with van der Waals surface area (Å²) in [7, 11) is 0. The van der Waals surface area contributed by atoms with Gasteiger partial charge in [-0.3, -0.25) is 0 Å². The smallest absolute Gasteiger partial charge is 0.335 e. The van der Waals surface area contributed by atoms with Crippen LogP contribution in [-0.4, -0.2) is 27.5 Å². The molecule has 26 heavy (non-hydrogen) atoms. The number of alkyl halides is 1. The average Bonchev–Trinajstić information content (AvgIpc) is 2.63. The molecule has 0 saturated carbocycles. The van der Waals surface area contributed by atoms with Crippen LogP contribution in [0.5, 0.6) is 0 Å². The fraction of sp³-hybridized carbons (Fsp3) is 0.333. The molecule has 2 rings (SSSR count). The molecule has 0 fully saturated rings. The van der Waals surface area contributed by atoms with E-state index >= 15 is 0 Å². The fourth-order valence-corrected chi connectivity index (χ4v) is 2.93. The lowest BCUT2D eigenvalue weighted by Gasteiger charge is -2.10. The maximum atomic E-state index is 10.6. The molecule has 0 heterocycles. The van der Waals surface area contributed by atoms with Gasteiger partial charge < -0.3 is 10.2 Å². The summed E-state index contributed by atoms with van der Waals surface area (Å²) in [6, 6.07) is 14.1. The van der Waals surface area contributed by atoms with E-state index in [1.807, 2.05) is 24.3 Å². The lowest BCUT2D eigenvalue weighted by atomic mass is 9.96. The van der Waals surface area contributed by atoms with E-state index in [0.29, 0.717) is 17.0 Å². The van der Waals surface area contributed by atoms with Gasteiger partial charge in [0.2, 0.25) is 0 Å². The monoisotopic (exact) mass is 420 g/mol. The van der Waals surface area contributed by atoms with E-state index in [1.54, 1.807) is 24.3 Å². The van der Waals surface area contributed by atoms with E-state index in [9.17, 15) is 9.59 Å². The predicted molar refractivity (Wildman–Crippen MR) is 108 cm³/mol. The molecule has 0 aliphatic rings. The van der Waals surface area contributed by atoms with Crippen LogP contribution in [0.15, 0.2) is 48.5 Å². The highest BCUT2D eigenvalue weighted by Gasteiger charge is 2.06. The maximum absolute atomic E-state index is 10.6. The van der Waals surface area contributed by atoms with Gasteiger partial charge in [0.05, 0.1) is 11.1 Å². The molecule has 4 nitrogen and oxygen atoms in total. The second-order valence-corrected chi connectivity index (χ2v) is 6.85. The summed E-state index contributed by atoms with van der Waals surface area (Å²) in [5.74, 6) is -1.22. The minimum absolute atomic E-state index is 0.341. The van der Waals surface area contributed by atoms with Gasteiger partial charge in [-0.15, -0.1) is 0 Å². The Morgan fingerprint density at radius 1 is 0.923 bits per heavy atom. The van der Waals surface area contributed by atoms with Crippen LogP contribution in [-0.2, 0) is 6.42 Å². The van der Waals surface area contributed by atoms with Gasteiger partial charge in [0.25, 0.3) is 0 Å². The molecular weight excluding hydrogens is 396 g/mol. The molecule has 1 unspecified atom stereocenters. The van der Waals surface area contributed by atoms with Crippen molar-refractivity contribution >= 4 is 27.9 Å². The zero-order valence-electron chi connectivity index (χ0n) is 15.1. The van der Waals surface area contributed by atoms with E-state index in [4.69, 9.17) is 10.2 Å². The van der Waals surface area contributed by atoms with Crippen LogP contribution in [0.3, 0.4) is 0 Å². The lowest BCUT2D eigenvalue weighted by Crippen LogP contribution is -1.98. The van der Waals surface area contributed by atoms with Crippen LogP contribution in [0.2, 0.25) is 0 Å². The molecular formula is C21H25BrO4. The molecule has 0 bridgehead atoms. The molecule has 0 radical (unpaired) electrons.